The number of aliphatic imine (C=N–C) groups is 1. The molecule has 0 saturated heterocycles. The molecule has 3 rings (SSSR count). The van der Waals surface area contributed by atoms with Crippen LogP contribution in [0, 0.1) is 0 Å². The van der Waals surface area contributed by atoms with Crippen molar-refractivity contribution >= 4 is 5.96 Å². The van der Waals surface area contributed by atoms with Gasteiger partial charge in [0.1, 0.15) is 0 Å². The third-order valence-corrected chi connectivity index (χ3v) is 4.61. The number of rotatable bonds is 6. The Morgan fingerprint density at radius 1 is 0.957 bits per heavy atom. The third-order valence-electron chi connectivity index (χ3n) is 4.61. The largest absolute Gasteiger partial charge is 0.356 e. The van der Waals surface area contributed by atoms with E-state index in [1.807, 2.05) is 7.05 Å². The molecular weight excluding hydrogens is 282 g/mol. The third kappa shape index (κ3) is 4.13. The molecular formula is C20H25N3. The Morgan fingerprint density at radius 3 is 2.22 bits per heavy atom. The van der Waals surface area contributed by atoms with Gasteiger partial charge in [0.25, 0.3) is 0 Å². The zero-order chi connectivity index (χ0) is 16.0. The Kier molecular flexibility index (Phi) is 4.96. The normalized spacial score (nSPS) is 16.0. The van der Waals surface area contributed by atoms with Crippen molar-refractivity contribution in [1.29, 1.82) is 0 Å². The fourth-order valence-electron chi connectivity index (χ4n) is 2.95. The fraction of sp³-hybridized carbons (Fsp3) is 0.350. The molecule has 2 N–H and O–H groups in total. The van der Waals surface area contributed by atoms with Crippen molar-refractivity contribution in [1.82, 2.24) is 10.6 Å². The van der Waals surface area contributed by atoms with Gasteiger partial charge in [-0.2, -0.15) is 0 Å². The van der Waals surface area contributed by atoms with Crippen molar-refractivity contribution in [2.45, 2.75) is 24.7 Å². The highest BCUT2D eigenvalue weighted by Crippen LogP contribution is 2.47. The maximum absolute atomic E-state index is 4.34. The Morgan fingerprint density at radius 2 is 1.61 bits per heavy atom. The van der Waals surface area contributed by atoms with E-state index < -0.39 is 0 Å². The van der Waals surface area contributed by atoms with Crippen LogP contribution in [0.2, 0.25) is 0 Å². The van der Waals surface area contributed by atoms with Gasteiger partial charge in [-0.15, -0.1) is 0 Å². The summed E-state index contributed by atoms with van der Waals surface area (Å²) in [5, 5.41) is 6.90. The quantitative estimate of drug-likeness (QED) is 0.635. The number of guanidine groups is 1. The molecule has 1 fully saturated rings. The van der Waals surface area contributed by atoms with E-state index in [0.29, 0.717) is 5.41 Å². The molecule has 1 saturated carbocycles. The predicted octanol–water partition coefficient (Wildman–Crippen LogP) is 3.13. The maximum atomic E-state index is 4.34. The van der Waals surface area contributed by atoms with Crippen LogP contribution in [0.25, 0.3) is 0 Å². The molecule has 2 aromatic rings. The second kappa shape index (κ2) is 7.32. The molecule has 0 aromatic heterocycles. The Hall–Kier alpha value is -2.29. The Labute approximate surface area is 138 Å². The summed E-state index contributed by atoms with van der Waals surface area (Å²) in [4.78, 5) is 4.34. The van der Waals surface area contributed by atoms with E-state index in [0.717, 1.165) is 25.5 Å². The van der Waals surface area contributed by atoms with Gasteiger partial charge in [-0.05, 0) is 30.4 Å². The van der Waals surface area contributed by atoms with E-state index in [2.05, 4.69) is 76.3 Å². The average molecular weight is 307 g/mol. The first-order chi connectivity index (χ1) is 11.3. The molecule has 0 spiro atoms. The molecule has 3 nitrogen and oxygen atoms in total. The van der Waals surface area contributed by atoms with Crippen LogP contribution in [0.3, 0.4) is 0 Å². The van der Waals surface area contributed by atoms with Crippen LogP contribution in [0.1, 0.15) is 24.0 Å². The molecule has 0 unspecified atom stereocenters. The zero-order valence-corrected chi connectivity index (χ0v) is 13.8. The number of nitrogens with one attached hydrogen (secondary N) is 2. The van der Waals surface area contributed by atoms with Crippen LogP contribution in [0.5, 0.6) is 0 Å². The van der Waals surface area contributed by atoms with Gasteiger partial charge in [0.15, 0.2) is 5.96 Å². The molecule has 1 aliphatic carbocycles. The van der Waals surface area contributed by atoms with E-state index >= 15 is 0 Å². The first-order valence-corrected chi connectivity index (χ1v) is 8.36. The molecule has 120 valence electrons. The van der Waals surface area contributed by atoms with Crippen molar-refractivity contribution in [3.05, 3.63) is 71.8 Å². The van der Waals surface area contributed by atoms with Crippen LogP contribution < -0.4 is 10.6 Å². The smallest absolute Gasteiger partial charge is 0.191 e. The van der Waals surface area contributed by atoms with E-state index in [4.69, 9.17) is 0 Å². The summed E-state index contributed by atoms with van der Waals surface area (Å²) in [5.74, 6) is 0.892. The summed E-state index contributed by atoms with van der Waals surface area (Å²) in [6, 6.07) is 21.3. The molecule has 23 heavy (non-hydrogen) atoms. The molecule has 2 aromatic carbocycles. The highest BCUT2D eigenvalue weighted by molar-refractivity contribution is 5.79. The van der Waals surface area contributed by atoms with Gasteiger partial charge >= 0.3 is 0 Å². The van der Waals surface area contributed by atoms with E-state index in [1.165, 1.54) is 24.0 Å². The lowest BCUT2D eigenvalue weighted by molar-refractivity contribution is 0.645. The minimum Gasteiger partial charge on any atom is -0.356 e. The lowest BCUT2D eigenvalue weighted by Gasteiger charge is -2.19. The predicted molar refractivity (Wildman–Crippen MR) is 96.9 cm³/mol. The monoisotopic (exact) mass is 307 g/mol. The SMILES string of the molecule is CN=C(NCCc1ccccc1)NCC1(c2ccccc2)CC1. The highest BCUT2D eigenvalue weighted by atomic mass is 15.2. The number of nitrogens with zero attached hydrogens (tertiary/aromatic N) is 1. The minimum atomic E-state index is 0.304. The van der Waals surface area contributed by atoms with Crippen LogP contribution in [-0.4, -0.2) is 26.1 Å². The second-order valence-corrected chi connectivity index (χ2v) is 6.23. The van der Waals surface area contributed by atoms with E-state index in [-0.39, 0.29) is 0 Å². The summed E-state index contributed by atoms with van der Waals surface area (Å²) >= 11 is 0. The van der Waals surface area contributed by atoms with Gasteiger partial charge in [-0.25, -0.2) is 0 Å². The summed E-state index contributed by atoms with van der Waals surface area (Å²) in [6.45, 7) is 1.84. The second-order valence-electron chi connectivity index (χ2n) is 6.23. The topological polar surface area (TPSA) is 36.4 Å². The van der Waals surface area contributed by atoms with Gasteiger partial charge in [-0.1, -0.05) is 60.7 Å². The first kappa shape index (κ1) is 15.6. The minimum absolute atomic E-state index is 0.304. The summed E-state index contributed by atoms with van der Waals surface area (Å²) in [7, 11) is 1.83. The zero-order valence-electron chi connectivity index (χ0n) is 13.8. The summed E-state index contributed by atoms with van der Waals surface area (Å²) < 4.78 is 0. The Balaban J connectivity index is 1.47. The molecule has 0 aliphatic heterocycles. The summed E-state index contributed by atoms with van der Waals surface area (Å²) in [6.07, 6.45) is 3.52. The number of hydrogen-bond acceptors (Lipinski definition) is 1. The molecule has 0 heterocycles. The van der Waals surface area contributed by atoms with Crippen LogP contribution in [0.4, 0.5) is 0 Å². The molecule has 0 bridgehead atoms. The van der Waals surface area contributed by atoms with Crippen LogP contribution in [0.15, 0.2) is 65.7 Å². The fourth-order valence-corrected chi connectivity index (χ4v) is 2.95. The van der Waals surface area contributed by atoms with Gasteiger partial charge in [0.05, 0.1) is 0 Å². The molecule has 0 atom stereocenters. The van der Waals surface area contributed by atoms with Gasteiger partial charge in [-0.3, -0.25) is 4.99 Å². The number of hydrogen-bond donors (Lipinski definition) is 2. The van der Waals surface area contributed by atoms with Crippen molar-refractivity contribution in [2.75, 3.05) is 20.1 Å². The van der Waals surface area contributed by atoms with Crippen LogP contribution in [-0.2, 0) is 11.8 Å². The molecule has 0 amide bonds. The van der Waals surface area contributed by atoms with Crippen molar-refractivity contribution < 1.29 is 0 Å². The Bertz CT molecular complexity index is 630. The standard InChI is InChI=1S/C20H25N3/c1-21-19(22-15-12-17-8-4-2-5-9-17)23-16-20(13-14-20)18-10-6-3-7-11-18/h2-11H,12-16H2,1H3,(H2,21,22,23). The maximum Gasteiger partial charge on any atom is 0.191 e. The molecule has 1 aliphatic rings. The van der Waals surface area contributed by atoms with Gasteiger partial charge in [0.2, 0.25) is 0 Å². The highest BCUT2D eigenvalue weighted by Gasteiger charge is 2.43. The van der Waals surface area contributed by atoms with Crippen molar-refractivity contribution in [2.24, 2.45) is 4.99 Å². The van der Waals surface area contributed by atoms with Gasteiger partial charge < -0.3 is 10.6 Å². The first-order valence-electron chi connectivity index (χ1n) is 8.36. The van der Waals surface area contributed by atoms with Crippen molar-refractivity contribution in [3.63, 3.8) is 0 Å². The van der Waals surface area contributed by atoms with Gasteiger partial charge in [0, 0.05) is 25.6 Å². The number of benzene rings is 2. The molecule has 3 heteroatoms. The van der Waals surface area contributed by atoms with E-state index in [1.54, 1.807) is 0 Å². The average Bonchev–Trinajstić information content (AvgIpc) is 3.41. The summed E-state index contributed by atoms with van der Waals surface area (Å²) in [5.41, 5.74) is 3.09. The van der Waals surface area contributed by atoms with Crippen LogP contribution >= 0.6 is 0 Å². The van der Waals surface area contributed by atoms with Crippen molar-refractivity contribution in [3.8, 4) is 0 Å². The van der Waals surface area contributed by atoms with E-state index in [9.17, 15) is 0 Å². The lowest BCUT2D eigenvalue weighted by atomic mass is 9.96. The lowest BCUT2D eigenvalue weighted by Crippen LogP contribution is -2.41. The molecule has 0 radical (unpaired) electrons.